The van der Waals surface area contributed by atoms with Crippen LogP contribution in [0.15, 0.2) is 23.1 Å². The standard InChI is InChI=1S/C21H20F3N3O5/c1-21-3-4-32-9-15(21)27-8-12(17(28)18(29)16(27)20(31)26(21)2)19(30)25-7-11-13(23)5-10(22)6-14(11)24/h5-6,8,15,29H,3-4,7,9H2,1-2H3,(H,25,30)/t15?,21-/m1/s1. The van der Waals surface area contributed by atoms with Gasteiger partial charge in [0.15, 0.2) is 11.4 Å². The van der Waals surface area contributed by atoms with Crippen LogP contribution in [0.3, 0.4) is 0 Å². The summed E-state index contributed by atoms with van der Waals surface area (Å²) in [5.41, 5.74) is -3.15. The smallest absolute Gasteiger partial charge is 0.274 e. The van der Waals surface area contributed by atoms with E-state index in [-0.39, 0.29) is 12.3 Å². The molecule has 0 bridgehead atoms. The van der Waals surface area contributed by atoms with Crippen LogP contribution in [-0.2, 0) is 11.3 Å². The summed E-state index contributed by atoms with van der Waals surface area (Å²) in [5, 5.41) is 12.7. The number of nitrogens with zero attached hydrogens (tertiary/aromatic N) is 2. The van der Waals surface area contributed by atoms with Gasteiger partial charge in [0.2, 0.25) is 5.43 Å². The van der Waals surface area contributed by atoms with E-state index in [1.165, 1.54) is 9.47 Å². The van der Waals surface area contributed by atoms with Crippen LogP contribution in [0.1, 0.15) is 45.8 Å². The maximum Gasteiger partial charge on any atom is 0.274 e. The Bertz CT molecular complexity index is 1170. The maximum atomic E-state index is 13.8. The monoisotopic (exact) mass is 451 g/mol. The summed E-state index contributed by atoms with van der Waals surface area (Å²) >= 11 is 0. The van der Waals surface area contributed by atoms with Gasteiger partial charge in [-0.2, -0.15) is 0 Å². The number of aromatic nitrogens is 1. The fourth-order valence-corrected chi connectivity index (χ4v) is 4.23. The summed E-state index contributed by atoms with van der Waals surface area (Å²) in [6.07, 6.45) is 1.64. The van der Waals surface area contributed by atoms with Gasteiger partial charge in [-0.05, 0) is 13.3 Å². The average molecular weight is 451 g/mol. The zero-order valence-corrected chi connectivity index (χ0v) is 17.2. The molecule has 4 rings (SSSR count). The highest BCUT2D eigenvalue weighted by atomic mass is 19.1. The number of amides is 2. The normalized spacial score (nSPS) is 22.3. The minimum atomic E-state index is -1.20. The zero-order chi connectivity index (χ0) is 23.4. The molecule has 2 amide bonds. The number of halogens is 3. The fourth-order valence-electron chi connectivity index (χ4n) is 4.23. The van der Waals surface area contributed by atoms with Gasteiger partial charge in [-0.1, -0.05) is 0 Å². The summed E-state index contributed by atoms with van der Waals surface area (Å²) in [5.74, 6) is -6.01. The lowest BCUT2D eigenvalue weighted by molar-refractivity contribution is -0.0528. The van der Waals surface area contributed by atoms with Gasteiger partial charge in [0.25, 0.3) is 11.8 Å². The molecule has 2 aromatic rings. The number of pyridine rings is 1. The van der Waals surface area contributed by atoms with Crippen molar-refractivity contribution in [3.05, 3.63) is 62.8 Å². The molecule has 0 spiro atoms. The first-order chi connectivity index (χ1) is 15.1. The summed E-state index contributed by atoms with van der Waals surface area (Å²) in [4.78, 5) is 39.7. The molecule has 2 atom stereocenters. The summed E-state index contributed by atoms with van der Waals surface area (Å²) < 4.78 is 47.6. The average Bonchev–Trinajstić information content (AvgIpc) is 2.73. The molecule has 2 aliphatic rings. The SMILES string of the molecule is CN1C(=O)c2c(O)c(=O)c(C(=O)NCc3c(F)cc(F)cc3F)cn2C2COCC[C@]21C. The van der Waals surface area contributed by atoms with Gasteiger partial charge in [0.1, 0.15) is 23.0 Å². The van der Waals surface area contributed by atoms with E-state index < -0.39 is 69.7 Å². The highest BCUT2D eigenvalue weighted by Crippen LogP contribution is 2.41. The third kappa shape index (κ3) is 3.24. The van der Waals surface area contributed by atoms with Gasteiger partial charge in [-0.25, -0.2) is 13.2 Å². The molecular weight excluding hydrogens is 431 g/mol. The number of fused-ring (bicyclic) bond motifs is 3. The molecule has 8 nitrogen and oxygen atoms in total. The number of carbonyl (C=O) groups excluding carboxylic acids is 2. The molecule has 1 aromatic heterocycles. The van der Waals surface area contributed by atoms with E-state index in [2.05, 4.69) is 5.32 Å². The maximum absolute atomic E-state index is 13.8. The van der Waals surface area contributed by atoms with E-state index >= 15 is 0 Å². The van der Waals surface area contributed by atoms with E-state index in [4.69, 9.17) is 4.74 Å². The molecule has 32 heavy (non-hydrogen) atoms. The Morgan fingerprint density at radius 3 is 2.59 bits per heavy atom. The minimum Gasteiger partial charge on any atom is -0.503 e. The fraction of sp³-hybridized carbons (Fsp3) is 0.381. The van der Waals surface area contributed by atoms with E-state index in [1.54, 1.807) is 7.05 Å². The first-order valence-corrected chi connectivity index (χ1v) is 9.82. The summed E-state index contributed by atoms with van der Waals surface area (Å²) in [6, 6.07) is 0.450. The molecule has 0 aliphatic carbocycles. The van der Waals surface area contributed by atoms with Crippen molar-refractivity contribution in [1.29, 1.82) is 0 Å². The van der Waals surface area contributed by atoms with Crippen molar-refractivity contribution >= 4 is 11.8 Å². The number of carbonyl (C=O) groups is 2. The van der Waals surface area contributed by atoms with E-state index in [0.29, 0.717) is 25.2 Å². The number of aromatic hydroxyl groups is 1. The highest BCUT2D eigenvalue weighted by molar-refractivity contribution is 5.99. The van der Waals surface area contributed by atoms with Crippen molar-refractivity contribution < 1.29 is 32.6 Å². The van der Waals surface area contributed by atoms with Crippen LogP contribution < -0.4 is 10.7 Å². The van der Waals surface area contributed by atoms with Crippen LogP contribution in [0.2, 0.25) is 0 Å². The Morgan fingerprint density at radius 1 is 1.28 bits per heavy atom. The second kappa shape index (κ2) is 7.66. The molecule has 11 heteroatoms. The second-order valence-corrected chi connectivity index (χ2v) is 8.07. The molecule has 3 heterocycles. The molecule has 0 radical (unpaired) electrons. The molecular formula is C21H20F3N3O5. The Kier molecular flexibility index (Phi) is 5.24. The van der Waals surface area contributed by atoms with Crippen molar-refractivity contribution in [2.24, 2.45) is 0 Å². The Morgan fingerprint density at radius 2 is 1.94 bits per heavy atom. The van der Waals surface area contributed by atoms with Gasteiger partial charge in [-0.3, -0.25) is 14.4 Å². The van der Waals surface area contributed by atoms with Gasteiger partial charge >= 0.3 is 0 Å². The van der Waals surface area contributed by atoms with Crippen LogP contribution in [0.4, 0.5) is 13.2 Å². The van der Waals surface area contributed by atoms with Crippen LogP contribution in [0.25, 0.3) is 0 Å². The number of rotatable bonds is 3. The molecule has 170 valence electrons. The van der Waals surface area contributed by atoms with Gasteiger partial charge in [-0.15, -0.1) is 0 Å². The second-order valence-electron chi connectivity index (χ2n) is 8.07. The zero-order valence-electron chi connectivity index (χ0n) is 17.2. The number of benzene rings is 1. The van der Waals surface area contributed by atoms with Gasteiger partial charge < -0.3 is 24.6 Å². The lowest BCUT2D eigenvalue weighted by Gasteiger charge is -2.51. The number of likely N-dealkylation sites (N-methyl/N-ethyl adjacent to an activating group) is 1. The molecule has 0 saturated carbocycles. The highest BCUT2D eigenvalue weighted by Gasteiger charge is 2.50. The Hall–Kier alpha value is -3.34. The van der Waals surface area contributed by atoms with E-state index in [9.17, 15) is 32.7 Å². The van der Waals surface area contributed by atoms with E-state index in [0.717, 1.165) is 6.20 Å². The lowest BCUT2D eigenvalue weighted by atomic mass is 9.82. The van der Waals surface area contributed by atoms with Crippen molar-refractivity contribution in [3.8, 4) is 5.75 Å². The first kappa shape index (κ1) is 21.9. The van der Waals surface area contributed by atoms with Crippen molar-refractivity contribution in [1.82, 2.24) is 14.8 Å². The number of hydrogen-bond donors (Lipinski definition) is 2. The quantitative estimate of drug-likeness (QED) is 0.740. The first-order valence-electron chi connectivity index (χ1n) is 9.82. The van der Waals surface area contributed by atoms with E-state index in [1.807, 2.05) is 6.92 Å². The van der Waals surface area contributed by atoms with Crippen molar-refractivity contribution in [2.45, 2.75) is 31.5 Å². The number of hydrogen-bond acceptors (Lipinski definition) is 5. The van der Waals surface area contributed by atoms with Crippen molar-refractivity contribution in [3.63, 3.8) is 0 Å². The molecule has 2 aliphatic heterocycles. The summed E-state index contributed by atoms with van der Waals surface area (Å²) in [6.45, 7) is 1.77. The number of ether oxygens (including phenoxy) is 1. The Labute approximate surface area is 180 Å². The number of nitrogens with one attached hydrogen (secondary N) is 1. The molecule has 1 unspecified atom stereocenters. The van der Waals surface area contributed by atoms with Gasteiger partial charge in [0, 0.05) is 44.1 Å². The molecule has 1 saturated heterocycles. The predicted molar refractivity (Wildman–Crippen MR) is 105 cm³/mol. The topological polar surface area (TPSA) is 101 Å². The minimum absolute atomic E-state index is 0.177. The van der Waals surface area contributed by atoms with Crippen molar-refractivity contribution in [2.75, 3.05) is 20.3 Å². The third-order valence-electron chi connectivity index (χ3n) is 6.34. The molecule has 1 aromatic carbocycles. The molecule has 2 N–H and O–H groups in total. The third-order valence-corrected chi connectivity index (χ3v) is 6.34. The van der Waals surface area contributed by atoms with Crippen LogP contribution in [0, 0.1) is 17.5 Å². The van der Waals surface area contributed by atoms with Gasteiger partial charge in [0.05, 0.1) is 18.2 Å². The Balaban J connectivity index is 1.72. The van der Waals surface area contributed by atoms with Crippen LogP contribution >= 0.6 is 0 Å². The molecule has 1 fully saturated rings. The largest absolute Gasteiger partial charge is 0.503 e. The predicted octanol–water partition coefficient (Wildman–Crippen LogP) is 1.71. The van der Waals surface area contributed by atoms with Crippen LogP contribution in [-0.4, -0.2) is 52.2 Å². The summed E-state index contributed by atoms with van der Waals surface area (Å²) in [7, 11) is 1.57. The lowest BCUT2D eigenvalue weighted by Crippen LogP contribution is -2.61. The van der Waals surface area contributed by atoms with Crippen LogP contribution in [0.5, 0.6) is 5.75 Å².